The Bertz CT molecular complexity index is 596. The van der Waals surface area contributed by atoms with Crippen LogP contribution < -0.4 is 0 Å². The van der Waals surface area contributed by atoms with Gasteiger partial charge in [0.05, 0.1) is 12.6 Å². The van der Waals surface area contributed by atoms with Crippen LogP contribution in [0, 0.1) is 0 Å². The minimum absolute atomic E-state index is 0.0729. The minimum atomic E-state index is -4.16. The molecule has 0 saturated carbocycles. The molecule has 1 heterocycles. The van der Waals surface area contributed by atoms with Gasteiger partial charge in [-0.05, 0) is 12.1 Å². The van der Waals surface area contributed by atoms with Crippen molar-refractivity contribution < 1.29 is 22.3 Å². The summed E-state index contributed by atoms with van der Waals surface area (Å²) < 4.78 is 29.7. The van der Waals surface area contributed by atoms with E-state index in [0.717, 1.165) is 18.0 Å². The maximum atomic E-state index is 9.33. The van der Waals surface area contributed by atoms with Gasteiger partial charge in [0, 0.05) is 11.5 Å². The summed E-state index contributed by atoms with van der Waals surface area (Å²) >= 11 is 0. The molecule has 0 atom stereocenters. The molecule has 0 aliphatic heterocycles. The van der Waals surface area contributed by atoms with Crippen molar-refractivity contribution in [1.29, 1.82) is 0 Å². The topological polar surface area (TPSA) is 96.7 Å². The zero-order chi connectivity index (χ0) is 12.9. The molecule has 0 amide bonds. The number of benzene rings is 1. The first-order chi connectivity index (χ1) is 7.92. The van der Waals surface area contributed by atoms with E-state index in [1.54, 1.807) is 6.07 Å². The first-order valence-corrected chi connectivity index (χ1v) is 5.86. The minimum Gasteiger partial charge on any atom is -0.493 e. The van der Waals surface area contributed by atoms with Crippen LogP contribution in [0.2, 0.25) is 0 Å². The average molecular weight is 257 g/mol. The molecule has 0 spiro atoms. The number of hydrogen-bond acceptors (Lipinski definition) is 5. The number of aromatic nitrogens is 1. The van der Waals surface area contributed by atoms with E-state index in [2.05, 4.69) is 9.17 Å². The number of nitrogens with zero attached hydrogens (tertiary/aromatic N) is 1. The Morgan fingerprint density at radius 3 is 2.35 bits per heavy atom. The predicted molar refractivity (Wildman–Crippen MR) is 62.0 cm³/mol. The molecule has 0 radical (unpaired) electrons. The molecule has 1 aromatic carbocycles. The molecule has 17 heavy (non-hydrogen) atoms. The fraction of sp³-hybridized carbons (Fsp3) is 0.100. The van der Waals surface area contributed by atoms with Gasteiger partial charge in [0.2, 0.25) is 5.88 Å². The van der Waals surface area contributed by atoms with Gasteiger partial charge in [-0.15, -0.1) is 0 Å². The molecule has 0 saturated heterocycles. The highest BCUT2D eigenvalue weighted by atomic mass is 32.3. The third kappa shape index (κ3) is 4.77. The van der Waals surface area contributed by atoms with Crippen LogP contribution in [0.4, 0.5) is 0 Å². The Hall–Kier alpha value is -1.70. The molecule has 0 aliphatic rings. The van der Waals surface area contributed by atoms with Gasteiger partial charge in [-0.3, -0.25) is 8.74 Å². The van der Waals surface area contributed by atoms with E-state index >= 15 is 0 Å². The van der Waals surface area contributed by atoms with Crippen LogP contribution in [0.3, 0.4) is 0 Å². The number of rotatable bonds is 1. The number of para-hydroxylation sites is 1. The summed E-state index contributed by atoms with van der Waals surface area (Å²) in [5, 5.41) is 10.1. The highest BCUT2D eigenvalue weighted by Crippen LogP contribution is 2.14. The highest BCUT2D eigenvalue weighted by molar-refractivity contribution is 7.80. The van der Waals surface area contributed by atoms with Crippen LogP contribution in [0.5, 0.6) is 5.88 Å². The largest absolute Gasteiger partial charge is 0.493 e. The number of pyridine rings is 1. The number of hydrogen-bond donors (Lipinski definition) is 2. The standard InChI is InChI=1S/C9H7NO.CH4O4S/c11-9-6-5-7-3-1-2-4-8(7)10-9;1-5-6(2,3)4/h1-6H,(H,10,11);1H3,(H,2,3,4). The molecule has 1 aromatic heterocycles. The van der Waals surface area contributed by atoms with Crippen molar-refractivity contribution in [3.8, 4) is 5.88 Å². The lowest BCUT2D eigenvalue weighted by molar-refractivity contribution is 0.324. The third-order valence-corrected chi connectivity index (χ3v) is 2.22. The van der Waals surface area contributed by atoms with Crippen molar-refractivity contribution in [3.05, 3.63) is 36.4 Å². The van der Waals surface area contributed by atoms with Crippen molar-refractivity contribution in [3.63, 3.8) is 0 Å². The van der Waals surface area contributed by atoms with Crippen LogP contribution in [-0.2, 0) is 14.6 Å². The fourth-order valence-corrected chi connectivity index (χ4v) is 1.06. The molecule has 0 fully saturated rings. The summed E-state index contributed by atoms with van der Waals surface area (Å²) in [6.45, 7) is 0. The van der Waals surface area contributed by atoms with Gasteiger partial charge in [0.25, 0.3) is 0 Å². The maximum absolute atomic E-state index is 9.33. The van der Waals surface area contributed by atoms with Crippen LogP contribution in [0.1, 0.15) is 0 Å². The van der Waals surface area contributed by atoms with E-state index in [1.807, 2.05) is 30.3 Å². The van der Waals surface area contributed by atoms with Crippen LogP contribution in [0.25, 0.3) is 10.9 Å². The first kappa shape index (κ1) is 13.4. The molecule has 6 nitrogen and oxygen atoms in total. The van der Waals surface area contributed by atoms with Crippen molar-refractivity contribution in [1.82, 2.24) is 4.98 Å². The molecule has 2 N–H and O–H groups in total. The van der Waals surface area contributed by atoms with Crippen molar-refractivity contribution >= 4 is 21.3 Å². The molecule has 92 valence electrons. The Morgan fingerprint density at radius 1 is 1.18 bits per heavy atom. The second-order valence-corrected chi connectivity index (χ2v) is 4.15. The Morgan fingerprint density at radius 2 is 1.76 bits per heavy atom. The highest BCUT2D eigenvalue weighted by Gasteiger charge is 1.94. The van der Waals surface area contributed by atoms with Gasteiger partial charge in [0.15, 0.2) is 0 Å². The summed E-state index contributed by atoms with van der Waals surface area (Å²) in [5.41, 5.74) is 0.826. The van der Waals surface area contributed by atoms with E-state index in [1.165, 1.54) is 0 Å². The maximum Gasteiger partial charge on any atom is 0.397 e. The van der Waals surface area contributed by atoms with Gasteiger partial charge < -0.3 is 5.11 Å². The lowest BCUT2D eigenvalue weighted by atomic mass is 10.2. The first-order valence-electron chi connectivity index (χ1n) is 4.50. The SMILES string of the molecule is COS(=O)(=O)O.Oc1ccc2ccccc2n1. The molecule has 2 aromatic rings. The van der Waals surface area contributed by atoms with E-state index in [-0.39, 0.29) is 5.88 Å². The average Bonchev–Trinajstić information content (AvgIpc) is 2.29. The lowest BCUT2D eigenvalue weighted by Gasteiger charge is -1.95. The van der Waals surface area contributed by atoms with Crippen molar-refractivity contribution in [2.24, 2.45) is 0 Å². The molecule has 7 heteroatoms. The molecule has 0 unspecified atom stereocenters. The van der Waals surface area contributed by atoms with Gasteiger partial charge in [-0.25, -0.2) is 4.98 Å². The Balaban J connectivity index is 0.000000209. The normalized spacial score (nSPS) is 10.7. The quantitative estimate of drug-likeness (QED) is 0.749. The fourth-order valence-electron chi connectivity index (χ4n) is 1.06. The van der Waals surface area contributed by atoms with Gasteiger partial charge in [-0.2, -0.15) is 8.42 Å². The van der Waals surface area contributed by atoms with Gasteiger partial charge in [0.1, 0.15) is 0 Å². The molecule has 0 aliphatic carbocycles. The zero-order valence-corrected chi connectivity index (χ0v) is 9.76. The van der Waals surface area contributed by atoms with E-state index in [0.29, 0.717) is 0 Å². The van der Waals surface area contributed by atoms with Crippen molar-refractivity contribution in [2.45, 2.75) is 0 Å². The van der Waals surface area contributed by atoms with E-state index in [9.17, 15) is 8.42 Å². The summed E-state index contributed by atoms with van der Waals surface area (Å²) in [7, 11) is -3.29. The monoisotopic (exact) mass is 257 g/mol. The van der Waals surface area contributed by atoms with Gasteiger partial charge in [-0.1, -0.05) is 18.2 Å². The lowest BCUT2D eigenvalue weighted by Crippen LogP contribution is -1.96. The van der Waals surface area contributed by atoms with Gasteiger partial charge >= 0.3 is 10.4 Å². The van der Waals surface area contributed by atoms with E-state index in [4.69, 9.17) is 9.66 Å². The summed E-state index contributed by atoms with van der Waals surface area (Å²) in [6, 6.07) is 11.1. The number of fused-ring (bicyclic) bond motifs is 1. The van der Waals surface area contributed by atoms with Crippen LogP contribution in [0.15, 0.2) is 36.4 Å². The Kier molecular flexibility index (Phi) is 4.38. The third-order valence-electron chi connectivity index (χ3n) is 1.79. The summed E-state index contributed by atoms with van der Waals surface area (Å²) in [5.74, 6) is 0.0729. The Labute approximate surface area is 98.4 Å². The van der Waals surface area contributed by atoms with Crippen molar-refractivity contribution in [2.75, 3.05) is 7.11 Å². The second-order valence-electron chi connectivity index (χ2n) is 2.96. The number of aromatic hydroxyl groups is 1. The predicted octanol–water partition coefficient (Wildman–Crippen LogP) is 1.38. The van der Waals surface area contributed by atoms with Crippen LogP contribution >= 0.6 is 0 Å². The smallest absolute Gasteiger partial charge is 0.397 e. The summed E-state index contributed by atoms with van der Waals surface area (Å²) in [6.07, 6.45) is 0. The molecular weight excluding hydrogens is 246 g/mol. The summed E-state index contributed by atoms with van der Waals surface area (Å²) in [4.78, 5) is 3.93. The zero-order valence-electron chi connectivity index (χ0n) is 8.94. The van der Waals surface area contributed by atoms with Crippen LogP contribution in [-0.4, -0.2) is 30.2 Å². The molecule has 0 bridgehead atoms. The molecular formula is C10H11NO5S. The molecule has 2 rings (SSSR count). The van der Waals surface area contributed by atoms with E-state index < -0.39 is 10.4 Å². The second kappa shape index (κ2) is 5.58.